The van der Waals surface area contributed by atoms with Crippen molar-refractivity contribution in [3.8, 4) is 11.8 Å². The lowest BCUT2D eigenvalue weighted by atomic mass is 9.80. The van der Waals surface area contributed by atoms with E-state index in [-0.39, 0.29) is 17.1 Å². The van der Waals surface area contributed by atoms with E-state index in [0.29, 0.717) is 11.1 Å². The predicted molar refractivity (Wildman–Crippen MR) is 120 cm³/mol. The Morgan fingerprint density at radius 3 is 2.71 bits per heavy atom. The van der Waals surface area contributed by atoms with E-state index < -0.39 is 40.6 Å². The van der Waals surface area contributed by atoms with E-state index in [4.69, 9.17) is 0 Å². The van der Waals surface area contributed by atoms with E-state index >= 15 is 0 Å². The average molecular weight is 477 g/mol. The molecule has 4 rings (SSSR count). The molecule has 2 atom stereocenters. The van der Waals surface area contributed by atoms with Crippen molar-refractivity contribution in [3.63, 3.8) is 0 Å². The number of carbonyl (C=O) groups excluding carboxylic acids is 1. The molecule has 1 amide bonds. The highest BCUT2D eigenvalue weighted by atomic mass is 19.1. The fourth-order valence-corrected chi connectivity index (χ4v) is 4.01. The number of nitriles is 1. The minimum absolute atomic E-state index is 0.130. The standard InChI is InChI=1S/C23H20FN7O4/c1-12(18(14-8-26-30(2)10-14)17-6-15(24)5-4-13(17)7-25)21-29-19(20(32)23(34)31(21)3)22(33)28-16-9-27-35-11-16/h4-6,8-12,18,32H,1-3H3,(H,28,33)/t12-,18+/m0/s1. The molecule has 0 aliphatic rings. The number of rotatable bonds is 6. The second-order valence-electron chi connectivity index (χ2n) is 7.96. The molecule has 1 aromatic carbocycles. The lowest BCUT2D eigenvalue weighted by molar-refractivity contribution is 0.101. The Morgan fingerprint density at radius 1 is 1.31 bits per heavy atom. The van der Waals surface area contributed by atoms with Crippen molar-refractivity contribution in [2.75, 3.05) is 5.32 Å². The number of carbonyl (C=O) groups is 1. The number of hydrogen-bond acceptors (Lipinski definition) is 8. The molecule has 0 spiro atoms. The highest BCUT2D eigenvalue weighted by Gasteiger charge is 2.31. The van der Waals surface area contributed by atoms with Crippen LogP contribution in [0.25, 0.3) is 0 Å². The van der Waals surface area contributed by atoms with Crippen LogP contribution in [0.4, 0.5) is 10.1 Å². The summed E-state index contributed by atoms with van der Waals surface area (Å²) in [6.45, 7) is 1.73. The van der Waals surface area contributed by atoms with Crippen molar-refractivity contribution in [2.24, 2.45) is 14.1 Å². The summed E-state index contributed by atoms with van der Waals surface area (Å²) >= 11 is 0. The van der Waals surface area contributed by atoms with E-state index in [1.54, 1.807) is 31.0 Å². The molecule has 0 saturated carbocycles. The van der Waals surface area contributed by atoms with E-state index in [0.717, 1.165) is 4.57 Å². The summed E-state index contributed by atoms with van der Waals surface area (Å²) < 4.78 is 21.6. The van der Waals surface area contributed by atoms with Crippen molar-refractivity contribution in [3.05, 3.63) is 87.4 Å². The zero-order valence-corrected chi connectivity index (χ0v) is 18.9. The second kappa shape index (κ2) is 9.22. The summed E-state index contributed by atoms with van der Waals surface area (Å²) in [4.78, 5) is 29.9. The minimum atomic E-state index is -0.849. The van der Waals surface area contributed by atoms with Crippen LogP contribution in [0.3, 0.4) is 0 Å². The molecule has 35 heavy (non-hydrogen) atoms. The molecule has 0 aliphatic carbocycles. The number of benzene rings is 1. The Bertz CT molecular complexity index is 1500. The third-order valence-electron chi connectivity index (χ3n) is 5.67. The topological polar surface area (TPSA) is 152 Å². The van der Waals surface area contributed by atoms with Gasteiger partial charge in [0, 0.05) is 32.1 Å². The summed E-state index contributed by atoms with van der Waals surface area (Å²) in [5, 5.41) is 30.2. The normalized spacial score (nSPS) is 12.7. The number of halogens is 1. The average Bonchev–Trinajstić information content (AvgIpc) is 3.49. The SMILES string of the molecule is C[C@H](c1nc(C(=O)Nc2cnoc2)c(O)c(=O)n1C)[C@H](c1cnn(C)c1)c1cc(F)ccc1C#N. The van der Waals surface area contributed by atoms with Crippen LogP contribution in [0, 0.1) is 17.1 Å². The number of nitrogens with zero attached hydrogens (tertiary/aromatic N) is 6. The van der Waals surface area contributed by atoms with E-state index in [1.807, 2.05) is 0 Å². The number of anilines is 1. The smallest absolute Gasteiger partial charge is 0.296 e. The molecule has 0 saturated heterocycles. The zero-order valence-electron chi connectivity index (χ0n) is 18.9. The molecule has 0 aliphatic heterocycles. The van der Waals surface area contributed by atoms with E-state index in [1.165, 1.54) is 37.7 Å². The van der Waals surface area contributed by atoms with Crippen molar-refractivity contribution >= 4 is 11.6 Å². The highest BCUT2D eigenvalue weighted by Crippen LogP contribution is 2.39. The van der Waals surface area contributed by atoms with Gasteiger partial charge in [0.05, 0.1) is 24.0 Å². The van der Waals surface area contributed by atoms with E-state index in [2.05, 4.69) is 31.1 Å². The maximum Gasteiger partial charge on any atom is 0.296 e. The van der Waals surface area contributed by atoms with Gasteiger partial charge in [-0.25, -0.2) is 9.37 Å². The van der Waals surface area contributed by atoms with Crippen LogP contribution in [0.5, 0.6) is 5.75 Å². The third-order valence-corrected chi connectivity index (χ3v) is 5.67. The van der Waals surface area contributed by atoms with E-state index in [9.17, 15) is 24.3 Å². The number of hydrogen-bond donors (Lipinski definition) is 2. The van der Waals surface area contributed by atoms with Crippen LogP contribution < -0.4 is 10.9 Å². The van der Waals surface area contributed by atoms with Crippen LogP contribution in [-0.2, 0) is 14.1 Å². The lowest BCUT2D eigenvalue weighted by Gasteiger charge is -2.26. The first-order valence-electron chi connectivity index (χ1n) is 10.4. The molecule has 2 N–H and O–H groups in total. The van der Waals surface area contributed by atoms with Gasteiger partial charge in [-0.2, -0.15) is 10.4 Å². The maximum atomic E-state index is 14.3. The highest BCUT2D eigenvalue weighted by molar-refractivity contribution is 6.04. The van der Waals surface area contributed by atoms with Gasteiger partial charge in [0.15, 0.2) is 5.69 Å². The fraction of sp³-hybridized carbons (Fsp3) is 0.217. The number of aromatic nitrogens is 5. The quantitative estimate of drug-likeness (QED) is 0.429. The van der Waals surface area contributed by atoms with Crippen LogP contribution in [0.1, 0.15) is 51.8 Å². The molecule has 12 heteroatoms. The number of aromatic hydroxyl groups is 1. The first-order valence-corrected chi connectivity index (χ1v) is 10.4. The summed E-state index contributed by atoms with van der Waals surface area (Å²) in [7, 11) is 3.11. The van der Waals surface area contributed by atoms with Crippen LogP contribution in [-0.4, -0.2) is 35.5 Å². The van der Waals surface area contributed by atoms with Gasteiger partial charge < -0.3 is 14.9 Å². The summed E-state index contributed by atoms with van der Waals surface area (Å²) in [5.41, 5.74) is 0.105. The Hall–Kier alpha value is -4.79. The summed E-state index contributed by atoms with van der Waals surface area (Å²) in [6.07, 6.45) is 5.70. The van der Waals surface area contributed by atoms with Crippen molar-refractivity contribution < 1.29 is 18.8 Å². The van der Waals surface area contributed by atoms with Gasteiger partial charge in [-0.3, -0.25) is 18.8 Å². The first-order chi connectivity index (χ1) is 16.7. The molecule has 0 unspecified atom stereocenters. The Morgan fingerprint density at radius 2 is 2.09 bits per heavy atom. The molecule has 178 valence electrons. The molecule has 0 radical (unpaired) electrons. The van der Waals surface area contributed by atoms with Crippen molar-refractivity contribution in [1.82, 2.24) is 24.5 Å². The van der Waals surface area contributed by atoms with Crippen LogP contribution >= 0.6 is 0 Å². The second-order valence-corrected chi connectivity index (χ2v) is 7.96. The van der Waals surface area contributed by atoms with Crippen LogP contribution in [0.2, 0.25) is 0 Å². The largest absolute Gasteiger partial charge is 0.501 e. The monoisotopic (exact) mass is 477 g/mol. The summed E-state index contributed by atoms with van der Waals surface area (Å²) in [6, 6.07) is 5.89. The molecular formula is C23H20FN7O4. The van der Waals surface area contributed by atoms with Crippen molar-refractivity contribution in [1.29, 1.82) is 5.26 Å². The Balaban J connectivity index is 1.87. The van der Waals surface area contributed by atoms with Gasteiger partial charge in [-0.15, -0.1) is 0 Å². The predicted octanol–water partition coefficient (Wildman–Crippen LogP) is 2.41. The maximum absolute atomic E-state index is 14.3. The van der Waals surface area contributed by atoms with Gasteiger partial charge in [0.25, 0.3) is 11.5 Å². The molecule has 4 aromatic rings. The minimum Gasteiger partial charge on any atom is -0.501 e. The zero-order chi connectivity index (χ0) is 25.3. The van der Waals surface area contributed by atoms with Gasteiger partial charge in [0.1, 0.15) is 23.6 Å². The fourth-order valence-electron chi connectivity index (χ4n) is 4.01. The number of amides is 1. The van der Waals surface area contributed by atoms with Gasteiger partial charge in [0.2, 0.25) is 5.75 Å². The molecule has 0 fully saturated rings. The molecule has 3 aromatic heterocycles. The lowest BCUT2D eigenvalue weighted by Crippen LogP contribution is -2.29. The Kier molecular flexibility index (Phi) is 6.16. The van der Waals surface area contributed by atoms with Gasteiger partial charge >= 0.3 is 0 Å². The van der Waals surface area contributed by atoms with Gasteiger partial charge in [-0.05, 0) is 29.3 Å². The van der Waals surface area contributed by atoms with Crippen LogP contribution in [0.15, 0.2) is 52.4 Å². The molecule has 11 nitrogen and oxygen atoms in total. The molecular weight excluding hydrogens is 457 g/mol. The Labute approximate surface area is 198 Å². The third kappa shape index (κ3) is 4.39. The number of nitrogens with one attached hydrogen (secondary N) is 1. The molecule has 0 bridgehead atoms. The first kappa shape index (κ1) is 23.4. The molecule has 3 heterocycles. The summed E-state index contributed by atoms with van der Waals surface area (Å²) in [5.74, 6) is -3.41. The van der Waals surface area contributed by atoms with Crippen molar-refractivity contribution in [2.45, 2.75) is 18.8 Å². The van der Waals surface area contributed by atoms with Gasteiger partial charge in [-0.1, -0.05) is 12.1 Å². The number of aryl methyl sites for hydroxylation is 1.